The predicted molar refractivity (Wildman–Crippen MR) is 81.3 cm³/mol. The van der Waals surface area contributed by atoms with Gasteiger partial charge in [0.15, 0.2) is 0 Å². The van der Waals surface area contributed by atoms with Crippen LogP contribution in [0.2, 0.25) is 0 Å². The summed E-state index contributed by atoms with van der Waals surface area (Å²) in [5.74, 6) is 1.25. The molecule has 0 aliphatic heterocycles. The van der Waals surface area contributed by atoms with Gasteiger partial charge in [0.25, 0.3) is 0 Å². The second-order valence-electron chi connectivity index (χ2n) is 5.12. The number of para-hydroxylation sites is 2. The predicted octanol–water partition coefficient (Wildman–Crippen LogP) is 3.51. The van der Waals surface area contributed by atoms with Gasteiger partial charge in [-0.1, -0.05) is 31.9 Å². The lowest BCUT2D eigenvalue weighted by molar-refractivity contribution is 0.601. The molecular weight excluding hydrogens is 234 g/mol. The molecule has 1 aromatic carbocycles. The molecule has 0 atom stereocenters. The maximum atomic E-state index is 5.52. The summed E-state index contributed by atoms with van der Waals surface area (Å²) in [6.45, 7) is 4.10. The Morgan fingerprint density at radius 3 is 2.68 bits per heavy atom. The zero-order chi connectivity index (χ0) is 13.5. The summed E-state index contributed by atoms with van der Waals surface area (Å²) in [4.78, 5) is 4.79. The van der Waals surface area contributed by atoms with Gasteiger partial charge in [-0.2, -0.15) is 0 Å². The molecule has 2 N–H and O–H groups in total. The van der Waals surface area contributed by atoms with Crippen LogP contribution in [0.25, 0.3) is 11.0 Å². The fourth-order valence-corrected chi connectivity index (χ4v) is 2.57. The molecule has 0 unspecified atom stereocenters. The highest BCUT2D eigenvalue weighted by Gasteiger charge is 2.08. The summed E-state index contributed by atoms with van der Waals surface area (Å²) < 4.78 is 2.39. The van der Waals surface area contributed by atoms with Crippen molar-refractivity contribution in [3.05, 3.63) is 30.1 Å². The van der Waals surface area contributed by atoms with E-state index >= 15 is 0 Å². The van der Waals surface area contributed by atoms with Crippen LogP contribution < -0.4 is 5.73 Å². The van der Waals surface area contributed by atoms with Gasteiger partial charge in [-0.25, -0.2) is 4.98 Å². The van der Waals surface area contributed by atoms with E-state index in [9.17, 15) is 0 Å². The van der Waals surface area contributed by atoms with E-state index in [1.54, 1.807) is 0 Å². The fraction of sp³-hybridized carbons (Fsp3) is 0.562. The Kier molecular flexibility index (Phi) is 5.40. The molecule has 0 spiro atoms. The topological polar surface area (TPSA) is 43.8 Å². The third kappa shape index (κ3) is 3.57. The quantitative estimate of drug-likeness (QED) is 0.737. The fourth-order valence-electron chi connectivity index (χ4n) is 2.57. The molecule has 0 fully saturated rings. The first-order valence-corrected chi connectivity index (χ1v) is 7.51. The highest BCUT2D eigenvalue weighted by atomic mass is 15.1. The van der Waals surface area contributed by atoms with Crippen LogP contribution in [-0.2, 0) is 13.0 Å². The standard InChI is InChI=1S/C16H25N3/c1-2-13-19-15-10-7-6-9-14(15)18-16(19)11-5-3-4-8-12-17/h6-7,9-10H,2-5,8,11-13,17H2,1H3. The number of hydrogen-bond donors (Lipinski definition) is 1. The van der Waals surface area contributed by atoms with Crippen LogP contribution in [0.5, 0.6) is 0 Å². The molecule has 19 heavy (non-hydrogen) atoms. The Hall–Kier alpha value is -1.35. The molecule has 1 aromatic heterocycles. The van der Waals surface area contributed by atoms with Gasteiger partial charge in [-0.15, -0.1) is 0 Å². The Morgan fingerprint density at radius 2 is 1.89 bits per heavy atom. The Bertz CT molecular complexity index is 502. The third-order valence-corrected chi connectivity index (χ3v) is 3.54. The lowest BCUT2D eigenvalue weighted by Gasteiger charge is -2.07. The van der Waals surface area contributed by atoms with Gasteiger partial charge in [0, 0.05) is 13.0 Å². The van der Waals surface area contributed by atoms with E-state index in [1.807, 2.05) is 0 Å². The Balaban J connectivity index is 2.06. The van der Waals surface area contributed by atoms with Crippen molar-refractivity contribution in [2.24, 2.45) is 5.73 Å². The van der Waals surface area contributed by atoms with Crippen molar-refractivity contribution in [3.8, 4) is 0 Å². The molecule has 0 saturated carbocycles. The van der Waals surface area contributed by atoms with Crippen molar-refractivity contribution >= 4 is 11.0 Å². The number of nitrogens with two attached hydrogens (primary N) is 1. The van der Waals surface area contributed by atoms with Gasteiger partial charge in [0.05, 0.1) is 11.0 Å². The van der Waals surface area contributed by atoms with E-state index in [0.717, 1.165) is 37.9 Å². The zero-order valence-corrected chi connectivity index (χ0v) is 11.9. The van der Waals surface area contributed by atoms with Crippen LogP contribution in [0.1, 0.15) is 44.9 Å². The van der Waals surface area contributed by atoms with E-state index in [2.05, 4.69) is 35.8 Å². The number of fused-ring (bicyclic) bond motifs is 1. The summed E-state index contributed by atoms with van der Waals surface area (Å²) >= 11 is 0. The van der Waals surface area contributed by atoms with Gasteiger partial charge in [0.1, 0.15) is 5.82 Å². The molecule has 2 rings (SSSR count). The van der Waals surface area contributed by atoms with E-state index < -0.39 is 0 Å². The summed E-state index contributed by atoms with van der Waals surface area (Å²) in [6.07, 6.45) is 7.09. The van der Waals surface area contributed by atoms with E-state index in [0.29, 0.717) is 0 Å². The third-order valence-electron chi connectivity index (χ3n) is 3.54. The molecule has 0 amide bonds. The first kappa shape index (κ1) is 14.1. The molecular formula is C16H25N3. The molecule has 2 aromatic rings. The van der Waals surface area contributed by atoms with Crippen molar-refractivity contribution in [2.45, 2.75) is 52.0 Å². The van der Waals surface area contributed by atoms with Crippen molar-refractivity contribution in [3.63, 3.8) is 0 Å². The second kappa shape index (κ2) is 7.29. The number of hydrogen-bond acceptors (Lipinski definition) is 2. The van der Waals surface area contributed by atoms with E-state index in [-0.39, 0.29) is 0 Å². The normalized spacial score (nSPS) is 11.3. The number of imidazole rings is 1. The van der Waals surface area contributed by atoms with Gasteiger partial charge in [0.2, 0.25) is 0 Å². The van der Waals surface area contributed by atoms with Crippen molar-refractivity contribution < 1.29 is 0 Å². The van der Waals surface area contributed by atoms with E-state index in [1.165, 1.54) is 30.6 Å². The molecule has 0 aliphatic carbocycles. The number of unbranched alkanes of at least 4 members (excludes halogenated alkanes) is 3. The molecule has 0 aliphatic rings. The van der Waals surface area contributed by atoms with Crippen LogP contribution in [0, 0.1) is 0 Å². The summed E-state index contributed by atoms with van der Waals surface area (Å²) in [7, 11) is 0. The SMILES string of the molecule is CCCn1c(CCCCCCN)nc2ccccc21. The summed E-state index contributed by atoms with van der Waals surface area (Å²) in [6, 6.07) is 8.45. The number of benzene rings is 1. The van der Waals surface area contributed by atoms with E-state index in [4.69, 9.17) is 10.7 Å². The molecule has 0 bridgehead atoms. The molecule has 104 valence electrons. The lowest BCUT2D eigenvalue weighted by Crippen LogP contribution is -2.04. The van der Waals surface area contributed by atoms with Gasteiger partial charge in [-0.05, 0) is 37.9 Å². The van der Waals surface area contributed by atoms with Crippen LogP contribution in [0.3, 0.4) is 0 Å². The average Bonchev–Trinajstić information content (AvgIpc) is 2.78. The average molecular weight is 259 g/mol. The molecule has 0 saturated heterocycles. The Morgan fingerprint density at radius 1 is 1.11 bits per heavy atom. The van der Waals surface area contributed by atoms with Gasteiger partial charge >= 0.3 is 0 Å². The summed E-state index contributed by atoms with van der Waals surface area (Å²) in [5, 5.41) is 0. The second-order valence-corrected chi connectivity index (χ2v) is 5.12. The van der Waals surface area contributed by atoms with Crippen LogP contribution in [-0.4, -0.2) is 16.1 Å². The smallest absolute Gasteiger partial charge is 0.109 e. The molecule has 1 heterocycles. The first-order chi connectivity index (χ1) is 9.36. The lowest BCUT2D eigenvalue weighted by atomic mass is 10.1. The van der Waals surface area contributed by atoms with Crippen LogP contribution in [0.4, 0.5) is 0 Å². The largest absolute Gasteiger partial charge is 0.330 e. The number of nitrogens with zero attached hydrogens (tertiary/aromatic N) is 2. The minimum Gasteiger partial charge on any atom is -0.330 e. The molecule has 3 nitrogen and oxygen atoms in total. The minimum atomic E-state index is 0.814. The maximum absolute atomic E-state index is 5.52. The number of aryl methyl sites for hydroxylation is 2. The highest BCUT2D eigenvalue weighted by molar-refractivity contribution is 5.75. The molecule has 0 radical (unpaired) electrons. The van der Waals surface area contributed by atoms with Crippen LogP contribution >= 0.6 is 0 Å². The monoisotopic (exact) mass is 259 g/mol. The van der Waals surface area contributed by atoms with Gasteiger partial charge in [-0.3, -0.25) is 0 Å². The van der Waals surface area contributed by atoms with Crippen molar-refractivity contribution in [1.82, 2.24) is 9.55 Å². The Labute approximate surface area is 115 Å². The number of rotatable bonds is 8. The minimum absolute atomic E-state index is 0.814. The summed E-state index contributed by atoms with van der Waals surface area (Å²) in [5.41, 5.74) is 7.93. The van der Waals surface area contributed by atoms with Crippen molar-refractivity contribution in [1.29, 1.82) is 0 Å². The highest BCUT2D eigenvalue weighted by Crippen LogP contribution is 2.18. The molecule has 3 heteroatoms. The zero-order valence-electron chi connectivity index (χ0n) is 11.9. The van der Waals surface area contributed by atoms with Gasteiger partial charge < -0.3 is 10.3 Å². The first-order valence-electron chi connectivity index (χ1n) is 7.51. The number of aromatic nitrogens is 2. The maximum Gasteiger partial charge on any atom is 0.109 e. The van der Waals surface area contributed by atoms with Crippen molar-refractivity contribution in [2.75, 3.05) is 6.54 Å². The van der Waals surface area contributed by atoms with Crippen LogP contribution in [0.15, 0.2) is 24.3 Å².